The molecule has 4 amide bonds. The van der Waals surface area contributed by atoms with Gasteiger partial charge in [-0.1, -0.05) is 39.8 Å². The Kier molecular flexibility index (Phi) is 9.44. The second kappa shape index (κ2) is 14.8. The average Bonchev–Trinajstić information content (AvgIpc) is 3.91. The van der Waals surface area contributed by atoms with Crippen LogP contribution < -0.4 is 5.32 Å². The third kappa shape index (κ3) is 6.75. The Hall–Kier alpha value is -6.58. The van der Waals surface area contributed by atoms with Gasteiger partial charge >= 0.3 is 12.2 Å². The van der Waals surface area contributed by atoms with E-state index in [1.165, 1.54) is 14.2 Å². The van der Waals surface area contributed by atoms with Gasteiger partial charge in [-0.15, -0.1) is 0 Å². The van der Waals surface area contributed by atoms with Crippen LogP contribution in [0.5, 0.6) is 0 Å². The van der Waals surface area contributed by atoms with E-state index in [0.717, 1.165) is 92.0 Å². The monoisotopic (exact) mass is 838 g/mol. The van der Waals surface area contributed by atoms with Gasteiger partial charge in [-0.2, -0.15) is 0 Å². The van der Waals surface area contributed by atoms with Crippen molar-refractivity contribution in [1.82, 2.24) is 49.9 Å². The lowest BCUT2D eigenvalue weighted by molar-refractivity contribution is -0.140. The zero-order chi connectivity index (χ0) is 43.3. The summed E-state index contributed by atoms with van der Waals surface area (Å²) in [6.45, 7) is 7.59. The highest BCUT2D eigenvalue weighted by Crippen LogP contribution is 2.55. The van der Waals surface area contributed by atoms with Gasteiger partial charge in [-0.25, -0.2) is 29.5 Å². The van der Waals surface area contributed by atoms with Crippen LogP contribution in [0.3, 0.4) is 0 Å². The molecule has 2 aliphatic carbocycles. The Balaban J connectivity index is 0.873. The van der Waals surface area contributed by atoms with E-state index in [0.29, 0.717) is 17.7 Å². The molecule has 4 fully saturated rings. The number of aromatic amines is 2. The number of rotatable bonds is 10. The smallest absolute Gasteiger partial charge is 0.407 e. The van der Waals surface area contributed by atoms with Crippen LogP contribution >= 0.6 is 0 Å². The van der Waals surface area contributed by atoms with E-state index >= 15 is 0 Å². The lowest BCUT2D eigenvalue weighted by Crippen LogP contribution is -2.52. The number of ether oxygens (including phenoxy) is 1. The Labute approximate surface area is 357 Å². The number of nitrogens with one attached hydrogen (secondary N) is 3. The van der Waals surface area contributed by atoms with Gasteiger partial charge in [0.2, 0.25) is 11.8 Å². The maximum atomic E-state index is 14.0. The van der Waals surface area contributed by atoms with Crippen LogP contribution in [0, 0.1) is 23.7 Å². The summed E-state index contributed by atoms with van der Waals surface area (Å²) in [6, 6.07) is 18.2. The van der Waals surface area contributed by atoms with Crippen molar-refractivity contribution in [3.63, 3.8) is 0 Å². The number of piperidine rings is 2. The summed E-state index contributed by atoms with van der Waals surface area (Å²) in [5.74, 6) is 1.69. The van der Waals surface area contributed by atoms with Crippen molar-refractivity contribution in [2.75, 3.05) is 14.2 Å². The van der Waals surface area contributed by atoms with Crippen LogP contribution in [0.25, 0.3) is 55.6 Å². The van der Waals surface area contributed by atoms with E-state index in [1.54, 1.807) is 0 Å². The normalized spacial score (nSPS) is 23.5. The molecule has 62 heavy (non-hydrogen) atoms. The number of nitrogens with zero attached hydrogens (tertiary/aromatic N) is 7. The van der Waals surface area contributed by atoms with E-state index in [4.69, 9.17) is 24.7 Å². The molecule has 10 rings (SSSR count). The first-order chi connectivity index (χ1) is 29.8. The zero-order valence-electron chi connectivity index (χ0n) is 35.5. The number of imidazole rings is 2. The molecule has 0 radical (unpaired) electrons. The molecule has 2 saturated carbocycles. The van der Waals surface area contributed by atoms with Gasteiger partial charge in [-0.05, 0) is 97.9 Å². The molecule has 4 N–H and O–H groups in total. The highest BCUT2D eigenvalue weighted by atomic mass is 16.5. The Bertz CT molecular complexity index is 2800. The Morgan fingerprint density at radius 3 is 1.65 bits per heavy atom. The van der Waals surface area contributed by atoms with Crippen LogP contribution in [0.15, 0.2) is 60.7 Å². The predicted molar refractivity (Wildman–Crippen MR) is 230 cm³/mol. The summed E-state index contributed by atoms with van der Waals surface area (Å²) in [6.07, 6.45) is 1.76. The molecule has 320 valence electrons. The number of amides is 4. The fourth-order valence-corrected chi connectivity index (χ4v) is 10.1. The van der Waals surface area contributed by atoms with Crippen molar-refractivity contribution < 1.29 is 29.0 Å². The molecule has 0 bridgehead atoms. The number of carbonyl (C=O) groups excluding carboxylic acids is 3. The van der Waals surface area contributed by atoms with Crippen molar-refractivity contribution in [1.29, 1.82) is 0 Å². The van der Waals surface area contributed by atoms with Gasteiger partial charge < -0.3 is 34.9 Å². The van der Waals surface area contributed by atoms with Crippen molar-refractivity contribution in [3.8, 4) is 22.5 Å². The number of likely N-dealkylation sites (N-methyl/N-ethyl adjacent to an activating group) is 1. The largest absolute Gasteiger partial charge is 0.465 e. The van der Waals surface area contributed by atoms with Gasteiger partial charge in [0.25, 0.3) is 0 Å². The zero-order valence-corrected chi connectivity index (χ0v) is 35.5. The molecule has 0 unspecified atom stereocenters. The molecular formula is C46H50N10O6. The first-order valence-corrected chi connectivity index (χ1v) is 21.5. The maximum absolute atomic E-state index is 14.0. The van der Waals surface area contributed by atoms with Crippen LogP contribution in [-0.4, -0.2) is 112 Å². The first kappa shape index (κ1) is 39.5. The Morgan fingerprint density at radius 1 is 0.694 bits per heavy atom. The number of benzene rings is 2. The number of pyridine rings is 2. The SMILES string of the molecule is COC(=O)N[C@H](C(=O)N1[C@@H]2C[C@@H]2C[C@H]1c1nc2cc(-c3ccc4nc(-c5ccc6[nH]c([C@@H]7C[C@H]8C[C@H]8N7C(=O)[C@H](C(C)C)N(C)C(=O)O)nc6c5)ccc4n3)ccc2[nH]1)C(C)C. The molecule has 2 aromatic carbocycles. The topological polar surface area (TPSA) is 203 Å². The summed E-state index contributed by atoms with van der Waals surface area (Å²) < 4.78 is 4.81. The number of hydrogen-bond acceptors (Lipinski definition) is 9. The summed E-state index contributed by atoms with van der Waals surface area (Å²) in [4.78, 5) is 83.6. The molecule has 4 aliphatic rings. The molecule has 6 heterocycles. The molecule has 8 atom stereocenters. The van der Waals surface area contributed by atoms with Gasteiger partial charge in [0.1, 0.15) is 23.7 Å². The first-order valence-electron chi connectivity index (χ1n) is 21.5. The summed E-state index contributed by atoms with van der Waals surface area (Å²) in [5.41, 5.74) is 8.10. The molecular weight excluding hydrogens is 789 g/mol. The highest BCUT2D eigenvalue weighted by molar-refractivity contribution is 5.89. The second-order valence-corrected chi connectivity index (χ2v) is 18.2. The number of methoxy groups -OCH3 is 1. The van der Waals surface area contributed by atoms with Gasteiger partial charge in [0.05, 0.1) is 63.7 Å². The molecule has 16 heteroatoms. The fourth-order valence-electron chi connectivity index (χ4n) is 10.1. The van der Waals surface area contributed by atoms with Crippen LogP contribution in [0.4, 0.5) is 9.59 Å². The number of alkyl carbamates (subject to hydrolysis) is 1. The number of likely N-dealkylation sites (tertiary alicyclic amines) is 2. The number of carbonyl (C=O) groups is 4. The summed E-state index contributed by atoms with van der Waals surface area (Å²) in [7, 11) is 2.76. The van der Waals surface area contributed by atoms with Crippen LogP contribution in [-0.2, 0) is 14.3 Å². The minimum absolute atomic E-state index is 0.108. The quantitative estimate of drug-likeness (QED) is 0.111. The second-order valence-electron chi connectivity index (χ2n) is 18.2. The van der Waals surface area contributed by atoms with E-state index in [9.17, 15) is 24.3 Å². The maximum Gasteiger partial charge on any atom is 0.407 e. The standard InChI is InChI=1S/C46H50N10O6/c1-21(2)39(53-45(59)62-6)43(57)55-35-17-25(35)19-37(55)41-49-31-9-7-23(15-33(31)51-41)27-11-13-30-29(47-27)14-12-28(48-30)24-8-10-32-34(16-24)52-42(50-32)38-20-26-18-36(26)56(38)44(58)40(22(3)4)54(5)46(60)61/h7-16,21-22,25-26,35-40H,17-20H2,1-6H3,(H,49,51)(H,50,52)(H,53,59)(H,60,61)/t25-,26-,35-,36-,37+,38+,39+,40+/m1/s1. The number of fused-ring (bicyclic) bond motifs is 5. The molecule has 2 aliphatic heterocycles. The lowest BCUT2D eigenvalue weighted by Gasteiger charge is -2.35. The molecule has 0 spiro atoms. The predicted octanol–water partition coefficient (Wildman–Crippen LogP) is 7.06. The van der Waals surface area contributed by atoms with Gasteiger partial charge in [-0.3, -0.25) is 14.5 Å². The molecule has 16 nitrogen and oxygen atoms in total. The number of aromatic nitrogens is 6. The lowest BCUT2D eigenvalue weighted by atomic mass is 10.0. The van der Waals surface area contributed by atoms with Crippen LogP contribution in [0.2, 0.25) is 0 Å². The third-order valence-corrected chi connectivity index (χ3v) is 13.5. The summed E-state index contributed by atoms with van der Waals surface area (Å²) in [5, 5.41) is 12.5. The fraction of sp³-hybridized carbons (Fsp3) is 0.435. The van der Waals surface area contributed by atoms with E-state index in [2.05, 4.69) is 15.3 Å². The molecule has 4 aromatic heterocycles. The van der Waals surface area contributed by atoms with Crippen LogP contribution in [0.1, 0.15) is 77.1 Å². The van der Waals surface area contributed by atoms with Gasteiger partial charge in [0, 0.05) is 30.3 Å². The Morgan fingerprint density at radius 2 is 1.19 bits per heavy atom. The van der Waals surface area contributed by atoms with E-state index < -0.39 is 24.3 Å². The number of carboxylic acid groups (broad SMARTS) is 1. The third-order valence-electron chi connectivity index (χ3n) is 13.5. The van der Waals surface area contributed by atoms with Crippen molar-refractivity contribution in [3.05, 3.63) is 72.3 Å². The van der Waals surface area contributed by atoms with Gasteiger partial charge in [0.15, 0.2) is 0 Å². The minimum Gasteiger partial charge on any atom is -0.465 e. The van der Waals surface area contributed by atoms with E-state index in [1.807, 2.05) is 98.2 Å². The minimum atomic E-state index is -1.12. The van der Waals surface area contributed by atoms with Crippen molar-refractivity contribution in [2.24, 2.45) is 23.7 Å². The highest BCUT2D eigenvalue weighted by Gasteiger charge is 2.57. The van der Waals surface area contributed by atoms with Crippen molar-refractivity contribution in [2.45, 2.75) is 89.6 Å². The number of hydrogen-bond donors (Lipinski definition) is 4. The van der Waals surface area contributed by atoms with Crippen molar-refractivity contribution >= 4 is 57.1 Å². The average molecular weight is 839 g/mol. The molecule has 6 aromatic rings. The molecule has 2 saturated heterocycles. The van der Waals surface area contributed by atoms with E-state index in [-0.39, 0.29) is 47.8 Å². The summed E-state index contributed by atoms with van der Waals surface area (Å²) >= 11 is 0. The number of H-pyrrole nitrogens is 2.